The van der Waals surface area contributed by atoms with E-state index < -0.39 is 12.0 Å². The third-order valence-electron chi connectivity index (χ3n) is 2.15. The molecule has 1 aromatic carbocycles. The number of furan rings is 1. The maximum atomic E-state index is 10.8. The SMILES string of the molecule is NC(C(=O)O)c1cccc2cc(Br)oc12. The van der Waals surface area contributed by atoms with Crippen molar-refractivity contribution in [2.45, 2.75) is 6.04 Å². The number of fused-ring (bicyclic) bond motifs is 1. The Kier molecular flexibility index (Phi) is 2.50. The predicted octanol–water partition coefficient (Wildman–Crippen LogP) is 2.28. The highest BCUT2D eigenvalue weighted by atomic mass is 79.9. The molecule has 15 heavy (non-hydrogen) atoms. The number of rotatable bonds is 2. The Labute approximate surface area is 93.8 Å². The summed E-state index contributed by atoms with van der Waals surface area (Å²) in [7, 11) is 0. The van der Waals surface area contributed by atoms with Crippen LogP contribution in [0.4, 0.5) is 0 Å². The highest BCUT2D eigenvalue weighted by molar-refractivity contribution is 9.10. The van der Waals surface area contributed by atoms with Gasteiger partial charge in [0.2, 0.25) is 0 Å². The van der Waals surface area contributed by atoms with Crippen molar-refractivity contribution in [2.24, 2.45) is 5.73 Å². The van der Waals surface area contributed by atoms with Gasteiger partial charge in [-0.15, -0.1) is 0 Å². The van der Waals surface area contributed by atoms with E-state index in [1.165, 1.54) is 0 Å². The van der Waals surface area contributed by atoms with Crippen LogP contribution in [0.3, 0.4) is 0 Å². The van der Waals surface area contributed by atoms with Gasteiger partial charge in [0.1, 0.15) is 11.6 Å². The number of carboxylic acid groups (broad SMARTS) is 1. The molecule has 1 aromatic heterocycles. The maximum Gasteiger partial charge on any atom is 0.325 e. The van der Waals surface area contributed by atoms with Gasteiger partial charge in [0, 0.05) is 10.9 Å². The number of para-hydroxylation sites is 1. The second-order valence-corrected chi connectivity index (χ2v) is 3.91. The molecule has 0 bridgehead atoms. The summed E-state index contributed by atoms with van der Waals surface area (Å²) in [5.41, 5.74) is 6.53. The van der Waals surface area contributed by atoms with E-state index in [9.17, 15) is 4.79 Å². The molecule has 4 nitrogen and oxygen atoms in total. The predicted molar refractivity (Wildman–Crippen MR) is 58.5 cm³/mol. The molecule has 2 aromatic rings. The molecule has 1 unspecified atom stereocenters. The average molecular weight is 270 g/mol. The van der Waals surface area contributed by atoms with Crippen molar-refractivity contribution in [1.82, 2.24) is 0 Å². The van der Waals surface area contributed by atoms with E-state index in [0.29, 0.717) is 15.8 Å². The molecule has 0 aliphatic rings. The number of aliphatic carboxylic acids is 1. The standard InChI is InChI=1S/C10H8BrNO3/c11-7-4-5-2-1-3-6(9(5)15-7)8(12)10(13)14/h1-4,8H,12H2,(H,13,14). The van der Waals surface area contributed by atoms with Gasteiger partial charge in [-0.25, -0.2) is 0 Å². The lowest BCUT2D eigenvalue weighted by atomic mass is 10.1. The van der Waals surface area contributed by atoms with Crippen molar-refractivity contribution >= 4 is 32.9 Å². The van der Waals surface area contributed by atoms with E-state index in [4.69, 9.17) is 15.3 Å². The van der Waals surface area contributed by atoms with Gasteiger partial charge in [-0.2, -0.15) is 0 Å². The second kappa shape index (κ2) is 3.67. The Balaban J connectivity index is 2.64. The third-order valence-corrected chi connectivity index (χ3v) is 2.54. The van der Waals surface area contributed by atoms with Crippen LogP contribution >= 0.6 is 15.9 Å². The molecule has 0 spiro atoms. The zero-order valence-corrected chi connectivity index (χ0v) is 9.19. The summed E-state index contributed by atoms with van der Waals surface area (Å²) < 4.78 is 5.90. The van der Waals surface area contributed by atoms with Crippen molar-refractivity contribution in [1.29, 1.82) is 0 Å². The van der Waals surface area contributed by atoms with Gasteiger partial charge in [0.25, 0.3) is 0 Å². The largest absolute Gasteiger partial charge is 0.480 e. The molecule has 1 atom stereocenters. The smallest absolute Gasteiger partial charge is 0.325 e. The second-order valence-electron chi connectivity index (χ2n) is 3.13. The van der Waals surface area contributed by atoms with Crippen LogP contribution in [0, 0.1) is 0 Å². The highest BCUT2D eigenvalue weighted by Crippen LogP contribution is 2.28. The van der Waals surface area contributed by atoms with E-state index in [1.54, 1.807) is 18.2 Å². The number of carbonyl (C=O) groups is 1. The molecule has 0 fully saturated rings. The first-order valence-electron chi connectivity index (χ1n) is 4.26. The summed E-state index contributed by atoms with van der Waals surface area (Å²) in [4.78, 5) is 10.8. The van der Waals surface area contributed by atoms with Crippen LogP contribution in [0.2, 0.25) is 0 Å². The normalized spacial score (nSPS) is 12.9. The van der Waals surface area contributed by atoms with Crippen LogP contribution in [0.15, 0.2) is 33.4 Å². The summed E-state index contributed by atoms with van der Waals surface area (Å²) in [6, 6.07) is 5.95. The summed E-state index contributed by atoms with van der Waals surface area (Å²) in [5.74, 6) is -1.07. The number of nitrogens with two attached hydrogens (primary N) is 1. The van der Waals surface area contributed by atoms with Crippen molar-refractivity contribution in [2.75, 3.05) is 0 Å². The minimum Gasteiger partial charge on any atom is -0.480 e. The quantitative estimate of drug-likeness (QED) is 0.877. The summed E-state index contributed by atoms with van der Waals surface area (Å²) in [5, 5.41) is 9.65. The van der Waals surface area contributed by atoms with Crippen molar-refractivity contribution in [3.63, 3.8) is 0 Å². The van der Waals surface area contributed by atoms with Crippen molar-refractivity contribution < 1.29 is 14.3 Å². The molecular formula is C10H8BrNO3. The molecule has 2 rings (SSSR count). The summed E-state index contributed by atoms with van der Waals surface area (Å²) >= 11 is 3.19. The first-order chi connectivity index (χ1) is 7.09. The van der Waals surface area contributed by atoms with Crippen molar-refractivity contribution in [3.8, 4) is 0 Å². The van der Waals surface area contributed by atoms with Crippen LogP contribution in [0.1, 0.15) is 11.6 Å². The van der Waals surface area contributed by atoms with Crippen LogP contribution in [0.5, 0.6) is 0 Å². The van der Waals surface area contributed by atoms with E-state index >= 15 is 0 Å². The van der Waals surface area contributed by atoms with Gasteiger partial charge in [0.15, 0.2) is 4.67 Å². The fourth-order valence-corrected chi connectivity index (χ4v) is 1.84. The lowest BCUT2D eigenvalue weighted by Gasteiger charge is -2.06. The van der Waals surface area contributed by atoms with Gasteiger partial charge in [-0.3, -0.25) is 4.79 Å². The number of benzene rings is 1. The number of hydrogen-bond donors (Lipinski definition) is 2. The Morgan fingerprint density at radius 2 is 2.27 bits per heavy atom. The molecule has 0 aliphatic heterocycles. The highest BCUT2D eigenvalue weighted by Gasteiger charge is 2.19. The van der Waals surface area contributed by atoms with E-state index in [0.717, 1.165) is 5.39 Å². The molecule has 78 valence electrons. The van der Waals surface area contributed by atoms with Crippen molar-refractivity contribution in [3.05, 3.63) is 34.5 Å². The summed E-state index contributed by atoms with van der Waals surface area (Å²) in [6.45, 7) is 0. The lowest BCUT2D eigenvalue weighted by molar-refractivity contribution is -0.138. The monoisotopic (exact) mass is 269 g/mol. The Morgan fingerprint density at radius 1 is 1.53 bits per heavy atom. The number of halogens is 1. The Hall–Kier alpha value is -1.33. The number of carboxylic acids is 1. The zero-order valence-electron chi connectivity index (χ0n) is 7.61. The van der Waals surface area contributed by atoms with E-state index in [-0.39, 0.29) is 0 Å². The van der Waals surface area contributed by atoms with Crippen LogP contribution in [0.25, 0.3) is 11.0 Å². The maximum absolute atomic E-state index is 10.8. The molecule has 5 heteroatoms. The molecule has 0 saturated carbocycles. The minimum atomic E-state index is -1.07. The zero-order chi connectivity index (χ0) is 11.0. The van der Waals surface area contributed by atoms with Gasteiger partial charge in [-0.1, -0.05) is 18.2 Å². The van der Waals surface area contributed by atoms with Gasteiger partial charge in [-0.05, 0) is 22.0 Å². The fourth-order valence-electron chi connectivity index (χ4n) is 1.43. The third kappa shape index (κ3) is 1.75. The number of hydrogen-bond acceptors (Lipinski definition) is 3. The minimum absolute atomic E-state index is 0.478. The molecule has 0 aliphatic carbocycles. The summed E-state index contributed by atoms with van der Waals surface area (Å²) in [6.07, 6.45) is 0. The van der Waals surface area contributed by atoms with E-state index in [1.807, 2.05) is 6.07 Å². The Bertz CT molecular complexity index is 520. The molecule has 0 radical (unpaired) electrons. The molecule has 0 amide bonds. The first kappa shape index (κ1) is 10.2. The molecule has 1 heterocycles. The molecule has 3 N–H and O–H groups in total. The average Bonchev–Trinajstić information content (AvgIpc) is 2.56. The van der Waals surface area contributed by atoms with Gasteiger partial charge < -0.3 is 15.3 Å². The lowest BCUT2D eigenvalue weighted by Crippen LogP contribution is -2.20. The topological polar surface area (TPSA) is 76.5 Å². The molecule has 0 saturated heterocycles. The van der Waals surface area contributed by atoms with Crippen LogP contribution in [-0.2, 0) is 4.79 Å². The van der Waals surface area contributed by atoms with Gasteiger partial charge >= 0.3 is 5.97 Å². The fraction of sp³-hybridized carbons (Fsp3) is 0.100. The van der Waals surface area contributed by atoms with Crippen LogP contribution < -0.4 is 5.73 Å². The first-order valence-corrected chi connectivity index (χ1v) is 5.05. The van der Waals surface area contributed by atoms with Gasteiger partial charge in [0.05, 0.1) is 0 Å². The van der Waals surface area contributed by atoms with Crippen LogP contribution in [-0.4, -0.2) is 11.1 Å². The molecular weight excluding hydrogens is 262 g/mol. The Morgan fingerprint density at radius 3 is 2.93 bits per heavy atom. The van der Waals surface area contributed by atoms with E-state index in [2.05, 4.69) is 15.9 Å².